The van der Waals surface area contributed by atoms with Crippen LogP contribution in [0.2, 0.25) is 0 Å². The second-order valence-corrected chi connectivity index (χ2v) is 7.59. The van der Waals surface area contributed by atoms with Gasteiger partial charge in [0.1, 0.15) is 11.4 Å². The maximum absolute atomic E-state index is 13.1. The number of hydrogen-bond acceptors (Lipinski definition) is 4. The summed E-state index contributed by atoms with van der Waals surface area (Å²) in [6, 6.07) is 13.8. The summed E-state index contributed by atoms with van der Waals surface area (Å²) in [7, 11) is 1.64. The van der Waals surface area contributed by atoms with Crippen LogP contribution in [-0.4, -0.2) is 23.9 Å². The molecular formula is C22H24N2O2S. The molecule has 1 amide bonds. The van der Waals surface area contributed by atoms with Gasteiger partial charge in [0.15, 0.2) is 5.17 Å². The topological polar surface area (TPSA) is 41.9 Å². The number of thioether (sulfide) groups is 1. The predicted octanol–water partition coefficient (Wildman–Crippen LogP) is 5.20. The molecule has 1 aliphatic rings. The average molecular weight is 381 g/mol. The van der Waals surface area contributed by atoms with Crippen molar-refractivity contribution < 1.29 is 9.53 Å². The molecule has 0 bridgehead atoms. The van der Waals surface area contributed by atoms with Gasteiger partial charge in [-0.3, -0.25) is 9.69 Å². The van der Waals surface area contributed by atoms with E-state index in [0.29, 0.717) is 5.70 Å². The van der Waals surface area contributed by atoms with E-state index in [0.717, 1.165) is 45.5 Å². The van der Waals surface area contributed by atoms with Crippen LogP contribution in [-0.2, 0) is 4.79 Å². The lowest BCUT2D eigenvalue weighted by atomic mass is 10.1. The number of amides is 1. The van der Waals surface area contributed by atoms with Crippen molar-refractivity contribution in [3.8, 4) is 5.75 Å². The van der Waals surface area contributed by atoms with Crippen molar-refractivity contribution in [2.75, 3.05) is 17.8 Å². The molecule has 0 unspecified atom stereocenters. The Labute approximate surface area is 164 Å². The molecule has 0 radical (unpaired) electrons. The number of amidine groups is 1. The van der Waals surface area contributed by atoms with Crippen LogP contribution in [0.1, 0.15) is 30.0 Å². The molecule has 0 aromatic heterocycles. The Morgan fingerprint density at radius 3 is 2.37 bits per heavy atom. The Morgan fingerprint density at radius 2 is 1.78 bits per heavy atom. The minimum atomic E-state index is -0.0885. The van der Waals surface area contributed by atoms with Gasteiger partial charge in [-0.1, -0.05) is 36.9 Å². The third kappa shape index (κ3) is 4.42. The lowest BCUT2D eigenvalue weighted by Gasteiger charge is -2.19. The average Bonchev–Trinajstić information content (AvgIpc) is 2.95. The Hall–Kier alpha value is -2.53. The minimum absolute atomic E-state index is 0.0885. The number of carbonyl (C=O) groups is 1. The van der Waals surface area contributed by atoms with E-state index >= 15 is 0 Å². The lowest BCUT2D eigenvalue weighted by molar-refractivity contribution is -0.113. The maximum atomic E-state index is 13.1. The van der Waals surface area contributed by atoms with Gasteiger partial charge in [0.05, 0.1) is 12.8 Å². The van der Waals surface area contributed by atoms with Crippen LogP contribution in [0.4, 0.5) is 5.69 Å². The van der Waals surface area contributed by atoms with E-state index in [-0.39, 0.29) is 5.91 Å². The smallest absolute Gasteiger partial charge is 0.283 e. The van der Waals surface area contributed by atoms with Crippen molar-refractivity contribution in [3.05, 3.63) is 64.9 Å². The molecule has 27 heavy (non-hydrogen) atoms. The maximum Gasteiger partial charge on any atom is 0.283 e. The van der Waals surface area contributed by atoms with E-state index in [9.17, 15) is 4.79 Å². The molecule has 1 aliphatic heterocycles. The van der Waals surface area contributed by atoms with Crippen molar-refractivity contribution in [2.24, 2.45) is 4.99 Å². The number of benzene rings is 2. The quantitative estimate of drug-likeness (QED) is 0.670. The normalized spacial score (nSPS) is 15.4. The highest BCUT2D eigenvalue weighted by atomic mass is 32.2. The number of ether oxygens (including phenoxy) is 1. The molecule has 2 aromatic carbocycles. The number of hydrogen-bond donors (Lipinski definition) is 0. The van der Waals surface area contributed by atoms with Crippen LogP contribution >= 0.6 is 11.8 Å². The highest BCUT2D eigenvalue weighted by Gasteiger charge is 2.32. The molecule has 140 valence electrons. The summed E-state index contributed by atoms with van der Waals surface area (Å²) in [6.45, 7) is 6.21. The largest absolute Gasteiger partial charge is 0.497 e. The second-order valence-electron chi connectivity index (χ2n) is 6.53. The summed E-state index contributed by atoms with van der Waals surface area (Å²) in [5.41, 5.74) is 4.51. The highest BCUT2D eigenvalue weighted by molar-refractivity contribution is 8.14. The lowest BCUT2D eigenvalue weighted by Crippen LogP contribution is -2.30. The predicted molar refractivity (Wildman–Crippen MR) is 115 cm³/mol. The summed E-state index contributed by atoms with van der Waals surface area (Å²) in [4.78, 5) is 19.5. The van der Waals surface area contributed by atoms with Crippen LogP contribution in [0.5, 0.6) is 5.75 Å². The number of nitrogens with zero attached hydrogens (tertiary/aromatic N) is 2. The van der Waals surface area contributed by atoms with Gasteiger partial charge in [0, 0.05) is 5.75 Å². The Kier molecular flexibility index (Phi) is 6.01. The molecular weight excluding hydrogens is 356 g/mol. The molecule has 4 nitrogen and oxygen atoms in total. The second kappa shape index (κ2) is 8.44. The zero-order valence-corrected chi connectivity index (χ0v) is 17.0. The van der Waals surface area contributed by atoms with E-state index in [1.165, 1.54) is 0 Å². The van der Waals surface area contributed by atoms with Crippen molar-refractivity contribution in [2.45, 2.75) is 27.2 Å². The molecule has 0 aliphatic carbocycles. The summed E-state index contributed by atoms with van der Waals surface area (Å²) in [6.07, 6.45) is 2.85. The van der Waals surface area contributed by atoms with E-state index in [2.05, 4.69) is 18.0 Å². The van der Waals surface area contributed by atoms with Crippen LogP contribution in [0.15, 0.2) is 53.2 Å². The number of carbonyl (C=O) groups excluding carboxylic acids is 1. The fourth-order valence-electron chi connectivity index (χ4n) is 2.95. The van der Waals surface area contributed by atoms with Crippen molar-refractivity contribution in [1.82, 2.24) is 0 Å². The zero-order chi connectivity index (χ0) is 19.4. The zero-order valence-electron chi connectivity index (χ0n) is 16.2. The molecule has 1 heterocycles. The summed E-state index contributed by atoms with van der Waals surface area (Å²) in [5.74, 6) is 1.62. The van der Waals surface area contributed by atoms with Gasteiger partial charge in [0.2, 0.25) is 0 Å². The fourth-order valence-corrected chi connectivity index (χ4v) is 3.82. The number of methoxy groups -OCH3 is 1. The monoisotopic (exact) mass is 380 g/mol. The van der Waals surface area contributed by atoms with Crippen LogP contribution in [0.25, 0.3) is 6.08 Å². The number of anilines is 1. The first kappa shape index (κ1) is 19.2. The van der Waals surface area contributed by atoms with E-state index in [1.807, 2.05) is 56.3 Å². The van der Waals surface area contributed by atoms with E-state index < -0.39 is 0 Å². The highest BCUT2D eigenvalue weighted by Crippen LogP contribution is 2.31. The first-order valence-electron chi connectivity index (χ1n) is 9.02. The van der Waals surface area contributed by atoms with Crippen LogP contribution in [0.3, 0.4) is 0 Å². The fraction of sp³-hybridized carbons (Fsp3) is 0.273. The third-order valence-corrected chi connectivity index (χ3v) is 5.29. The van der Waals surface area contributed by atoms with Crippen molar-refractivity contribution in [3.63, 3.8) is 0 Å². The molecule has 0 saturated heterocycles. The number of aryl methyl sites for hydroxylation is 2. The Balaban J connectivity index is 1.97. The van der Waals surface area contributed by atoms with Gasteiger partial charge in [-0.25, -0.2) is 4.99 Å². The standard InChI is InChI=1S/C22H24N2O2S/c1-5-10-27-22-23-20(14-17-6-8-19(26-4)9-7-17)21(25)24(22)18-12-15(2)11-16(3)13-18/h6-9,11-14H,5,10H2,1-4H3. The van der Waals surface area contributed by atoms with Crippen molar-refractivity contribution in [1.29, 1.82) is 0 Å². The molecule has 2 aromatic rings. The molecule has 0 saturated carbocycles. The van der Waals surface area contributed by atoms with E-state index in [1.54, 1.807) is 23.8 Å². The van der Waals surface area contributed by atoms with E-state index in [4.69, 9.17) is 4.74 Å². The third-order valence-electron chi connectivity index (χ3n) is 4.15. The summed E-state index contributed by atoms with van der Waals surface area (Å²) < 4.78 is 5.19. The first-order valence-corrected chi connectivity index (χ1v) is 10.0. The van der Waals surface area contributed by atoms with Gasteiger partial charge < -0.3 is 4.74 Å². The molecule has 0 fully saturated rings. The molecule has 3 rings (SSSR count). The number of aliphatic imine (C=N–C) groups is 1. The SMILES string of the molecule is CCCSC1=NC(=Cc2ccc(OC)cc2)C(=O)N1c1cc(C)cc(C)c1. The Morgan fingerprint density at radius 1 is 1.11 bits per heavy atom. The van der Waals surface area contributed by atoms with Gasteiger partial charge >= 0.3 is 0 Å². The first-order chi connectivity index (χ1) is 13.0. The summed E-state index contributed by atoms with van der Waals surface area (Å²) in [5, 5.41) is 0.742. The van der Waals surface area contributed by atoms with Crippen LogP contribution in [0, 0.1) is 13.8 Å². The molecule has 5 heteroatoms. The molecule has 0 spiro atoms. The van der Waals surface area contributed by atoms with Gasteiger partial charge in [0.25, 0.3) is 5.91 Å². The van der Waals surface area contributed by atoms with Crippen molar-refractivity contribution >= 4 is 34.6 Å². The summed E-state index contributed by atoms with van der Waals surface area (Å²) >= 11 is 1.62. The van der Waals surface area contributed by atoms with Gasteiger partial charge in [-0.15, -0.1) is 0 Å². The Bertz CT molecular complexity index is 881. The van der Waals surface area contributed by atoms with Gasteiger partial charge in [-0.05, 0) is 67.3 Å². The molecule has 0 N–H and O–H groups in total. The molecule has 0 atom stereocenters. The van der Waals surface area contributed by atoms with Gasteiger partial charge in [-0.2, -0.15) is 0 Å². The minimum Gasteiger partial charge on any atom is -0.497 e. The van der Waals surface area contributed by atoms with Crippen LogP contribution < -0.4 is 9.64 Å². The number of rotatable bonds is 5.